The molecule has 1 saturated heterocycles. The zero-order valence-electron chi connectivity index (χ0n) is 15.3. The van der Waals surface area contributed by atoms with Crippen LogP contribution < -0.4 is 11.1 Å². The van der Waals surface area contributed by atoms with Crippen LogP contribution in [0, 0.1) is 11.8 Å². The highest BCUT2D eigenvalue weighted by molar-refractivity contribution is 6.08. The minimum Gasteiger partial charge on any atom is -0.369 e. The fraction of sp³-hybridized carbons (Fsp3) is 0.556. The summed E-state index contributed by atoms with van der Waals surface area (Å²) in [5, 5.41) is 3.93. The summed E-state index contributed by atoms with van der Waals surface area (Å²) in [6.45, 7) is 6.28. The Morgan fingerprint density at radius 2 is 2.23 bits per heavy atom. The van der Waals surface area contributed by atoms with Gasteiger partial charge in [-0.2, -0.15) is 0 Å². The minimum absolute atomic E-state index is 0.0435. The van der Waals surface area contributed by atoms with Gasteiger partial charge in [0.1, 0.15) is 17.8 Å². The van der Waals surface area contributed by atoms with E-state index in [0.29, 0.717) is 34.9 Å². The normalized spacial score (nSPS) is 17.7. The molecular weight excluding hydrogens is 332 g/mol. The SMILES string of the molecule is CC(C)C(=O)N1CCCC(CCNc2ncnc3[nH]cc(C(N)=O)c23)C1. The molecule has 1 atom stereocenters. The van der Waals surface area contributed by atoms with Crippen molar-refractivity contribution in [2.24, 2.45) is 17.6 Å². The number of nitrogens with two attached hydrogens (primary N) is 1. The molecular formula is C18H26N6O2. The Kier molecular flexibility index (Phi) is 5.39. The van der Waals surface area contributed by atoms with Gasteiger partial charge in [-0.1, -0.05) is 13.8 Å². The second-order valence-electron chi connectivity index (χ2n) is 7.18. The van der Waals surface area contributed by atoms with Crippen molar-refractivity contribution in [2.75, 3.05) is 25.0 Å². The molecule has 1 aliphatic heterocycles. The molecule has 0 radical (unpaired) electrons. The van der Waals surface area contributed by atoms with Crippen molar-refractivity contribution in [3.63, 3.8) is 0 Å². The average Bonchev–Trinajstić information content (AvgIpc) is 3.06. The fourth-order valence-electron chi connectivity index (χ4n) is 3.55. The molecule has 4 N–H and O–H groups in total. The molecule has 3 rings (SSSR count). The zero-order valence-corrected chi connectivity index (χ0v) is 15.3. The van der Waals surface area contributed by atoms with Crippen molar-refractivity contribution in [1.82, 2.24) is 19.9 Å². The van der Waals surface area contributed by atoms with E-state index < -0.39 is 5.91 Å². The van der Waals surface area contributed by atoms with Crippen LogP contribution in [0.15, 0.2) is 12.5 Å². The number of amides is 2. The van der Waals surface area contributed by atoms with Crippen molar-refractivity contribution >= 4 is 28.7 Å². The van der Waals surface area contributed by atoms with Crippen LogP contribution in [0.1, 0.15) is 43.5 Å². The second-order valence-corrected chi connectivity index (χ2v) is 7.18. The van der Waals surface area contributed by atoms with Crippen LogP contribution in [0.4, 0.5) is 5.82 Å². The lowest BCUT2D eigenvalue weighted by Gasteiger charge is -2.34. The van der Waals surface area contributed by atoms with Gasteiger partial charge in [-0.25, -0.2) is 9.97 Å². The molecule has 0 aliphatic carbocycles. The smallest absolute Gasteiger partial charge is 0.251 e. The molecule has 0 bridgehead atoms. The van der Waals surface area contributed by atoms with Crippen LogP contribution in [-0.4, -0.2) is 51.3 Å². The van der Waals surface area contributed by atoms with Crippen molar-refractivity contribution in [3.05, 3.63) is 18.1 Å². The van der Waals surface area contributed by atoms with Gasteiger partial charge >= 0.3 is 0 Å². The monoisotopic (exact) mass is 358 g/mol. The maximum atomic E-state index is 12.2. The van der Waals surface area contributed by atoms with Crippen LogP contribution >= 0.6 is 0 Å². The van der Waals surface area contributed by atoms with E-state index in [2.05, 4.69) is 20.3 Å². The quantitative estimate of drug-likeness (QED) is 0.727. The highest BCUT2D eigenvalue weighted by atomic mass is 16.2. The van der Waals surface area contributed by atoms with Crippen molar-refractivity contribution in [3.8, 4) is 0 Å². The summed E-state index contributed by atoms with van der Waals surface area (Å²) in [7, 11) is 0. The number of piperidine rings is 1. The third kappa shape index (κ3) is 3.79. The molecule has 8 nitrogen and oxygen atoms in total. The topological polar surface area (TPSA) is 117 Å². The van der Waals surface area contributed by atoms with Gasteiger partial charge in [-0.15, -0.1) is 0 Å². The van der Waals surface area contributed by atoms with E-state index in [9.17, 15) is 9.59 Å². The van der Waals surface area contributed by atoms with E-state index in [1.165, 1.54) is 6.33 Å². The molecule has 0 spiro atoms. The summed E-state index contributed by atoms with van der Waals surface area (Å²) in [5.74, 6) is 0.846. The molecule has 1 aliphatic rings. The van der Waals surface area contributed by atoms with Crippen LogP contribution in [0.3, 0.4) is 0 Å². The highest BCUT2D eigenvalue weighted by Gasteiger charge is 2.25. The number of aromatic amines is 1. The lowest BCUT2D eigenvalue weighted by atomic mass is 9.94. The van der Waals surface area contributed by atoms with Crippen molar-refractivity contribution in [2.45, 2.75) is 33.1 Å². The number of aromatic nitrogens is 3. The summed E-state index contributed by atoms with van der Waals surface area (Å²) >= 11 is 0. The number of hydrogen-bond acceptors (Lipinski definition) is 5. The van der Waals surface area contributed by atoms with Gasteiger partial charge < -0.3 is 20.9 Å². The number of nitrogens with one attached hydrogen (secondary N) is 2. The largest absolute Gasteiger partial charge is 0.369 e. The number of rotatable bonds is 6. The van der Waals surface area contributed by atoms with Crippen LogP contribution in [0.5, 0.6) is 0 Å². The number of anilines is 1. The van der Waals surface area contributed by atoms with Gasteiger partial charge in [0, 0.05) is 31.7 Å². The van der Waals surface area contributed by atoms with E-state index in [1.54, 1.807) is 6.20 Å². The molecule has 2 aromatic rings. The fourth-order valence-corrected chi connectivity index (χ4v) is 3.55. The van der Waals surface area contributed by atoms with Gasteiger partial charge in [0.05, 0.1) is 10.9 Å². The van der Waals surface area contributed by atoms with Crippen molar-refractivity contribution < 1.29 is 9.59 Å². The number of carbonyl (C=O) groups is 2. The summed E-state index contributed by atoms with van der Waals surface area (Å²) in [4.78, 5) is 37.1. The van der Waals surface area contributed by atoms with Gasteiger partial charge in [-0.05, 0) is 25.2 Å². The number of fused-ring (bicyclic) bond motifs is 1. The zero-order chi connectivity index (χ0) is 18.7. The minimum atomic E-state index is -0.510. The Morgan fingerprint density at radius 3 is 2.96 bits per heavy atom. The second kappa shape index (κ2) is 7.72. The van der Waals surface area contributed by atoms with Crippen LogP contribution in [0.25, 0.3) is 11.0 Å². The third-order valence-electron chi connectivity index (χ3n) is 4.90. The maximum Gasteiger partial charge on any atom is 0.251 e. The predicted molar refractivity (Wildman–Crippen MR) is 99.7 cm³/mol. The molecule has 1 unspecified atom stereocenters. The van der Waals surface area contributed by atoms with Gasteiger partial charge in [0.15, 0.2) is 0 Å². The molecule has 0 aromatic carbocycles. The molecule has 2 aromatic heterocycles. The van der Waals surface area contributed by atoms with Gasteiger partial charge in [-0.3, -0.25) is 9.59 Å². The van der Waals surface area contributed by atoms with Gasteiger partial charge in [0.2, 0.25) is 5.91 Å². The molecule has 1 fully saturated rings. The molecule has 2 amide bonds. The number of primary amides is 1. The van der Waals surface area contributed by atoms with E-state index in [-0.39, 0.29) is 11.8 Å². The van der Waals surface area contributed by atoms with E-state index in [1.807, 2.05) is 18.7 Å². The Labute approximate surface area is 152 Å². The van der Waals surface area contributed by atoms with E-state index >= 15 is 0 Å². The first kappa shape index (κ1) is 18.2. The third-order valence-corrected chi connectivity index (χ3v) is 4.90. The summed E-state index contributed by atoms with van der Waals surface area (Å²) in [6.07, 6.45) is 6.12. The molecule has 0 saturated carbocycles. The average molecular weight is 358 g/mol. The molecule has 26 heavy (non-hydrogen) atoms. The van der Waals surface area contributed by atoms with Crippen molar-refractivity contribution in [1.29, 1.82) is 0 Å². The Balaban J connectivity index is 1.62. The Morgan fingerprint density at radius 1 is 1.42 bits per heavy atom. The number of nitrogens with zero attached hydrogens (tertiary/aromatic N) is 3. The standard InChI is InChI=1S/C18H26N6O2/c1-11(2)18(26)24-7-3-4-12(9-24)5-6-20-16-14-13(15(19)25)8-21-17(14)23-10-22-16/h8,10-12H,3-7,9H2,1-2H3,(H2,19,25)(H2,20,21,22,23). The maximum absolute atomic E-state index is 12.2. The summed E-state index contributed by atoms with van der Waals surface area (Å²) < 4.78 is 0. The number of hydrogen-bond donors (Lipinski definition) is 3. The van der Waals surface area contributed by atoms with E-state index in [0.717, 1.165) is 32.4 Å². The predicted octanol–water partition coefficient (Wildman–Crippen LogP) is 1.75. The number of carbonyl (C=O) groups excluding carboxylic acids is 2. The summed E-state index contributed by atoms with van der Waals surface area (Å²) in [6, 6.07) is 0. The number of likely N-dealkylation sites (tertiary alicyclic amines) is 1. The van der Waals surface area contributed by atoms with E-state index in [4.69, 9.17) is 5.73 Å². The lowest BCUT2D eigenvalue weighted by Crippen LogP contribution is -2.42. The summed E-state index contributed by atoms with van der Waals surface area (Å²) in [5.41, 5.74) is 6.40. The van der Waals surface area contributed by atoms with Gasteiger partial charge in [0.25, 0.3) is 5.91 Å². The highest BCUT2D eigenvalue weighted by Crippen LogP contribution is 2.24. The van der Waals surface area contributed by atoms with Crippen LogP contribution in [-0.2, 0) is 4.79 Å². The Hall–Kier alpha value is -2.64. The molecule has 140 valence electrons. The first-order chi connectivity index (χ1) is 12.5. The molecule has 8 heteroatoms. The Bertz CT molecular complexity index is 800. The first-order valence-corrected chi connectivity index (χ1v) is 9.12. The molecule has 3 heterocycles. The first-order valence-electron chi connectivity index (χ1n) is 9.12. The van der Waals surface area contributed by atoms with Crippen LogP contribution in [0.2, 0.25) is 0 Å². The number of H-pyrrole nitrogens is 1. The lowest BCUT2D eigenvalue weighted by molar-refractivity contribution is -0.136.